The molecule has 3 heterocycles. The highest BCUT2D eigenvalue weighted by Crippen LogP contribution is 2.60. The number of pyridine rings is 1. The standard InChI is InChI=1S/C24H29N5O3/c25-10-14-1-2-20(27-11-14)29-4-3-16-12-28(13-19(16)29)23(31)32-21-17-5-15-6-18(21)9-24(7-15,8-17)22(26)30/h1-2,11,15-19,21H,3-9,12-13H2,(H2,26,30)/t15?,16?,17?,18?,19?,21-,24-. The third-order valence-electron chi connectivity index (χ3n) is 8.92. The molecule has 8 nitrogen and oxygen atoms in total. The molecule has 4 aliphatic carbocycles. The van der Waals surface area contributed by atoms with Gasteiger partial charge in [0.1, 0.15) is 18.0 Å². The van der Waals surface area contributed by atoms with E-state index in [1.54, 1.807) is 12.3 Å². The zero-order valence-electron chi connectivity index (χ0n) is 18.2. The van der Waals surface area contributed by atoms with Crippen LogP contribution in [0.3, 0.4) is 0 Å². The minimum absolute atomic E-state index is 0.0803. The van der Waals surface area contributed by atoms with E-state index in [1.165, 1.54) is 0 Å². The quantitative estimate of drug-likeness (QED) is 0.779. The number of primary amides is 1. The van der Waals surface area contributed by atoms with Gasteiger partial charge in [-0.1, -0.05) is 0 Å². The molecule has 4 saturated carbocycles. The Labute approximate surface area is 187 Å². The number of ether oxygens (including phenoxy) is 1. The lowest BCUT2D eigenvalue weighted by atomic mass is 9.48. The van der Waals surface area contributed by atoms with E-state index in [2.05, 4.69) is 16.0 Å². The van der Waals surface area contributed by atoms with Gasteiger partial charge in [-0.2, -0.15) is 5.26 Å². The van der Waals surface area contributed by atoms with Gasteiger partial charge < -0.3 is 20.3 Å². The van der Waals surface area contributed by atoms with Gasteiger partial charge in [-0.05, 0) is 68.4 Å². The van der Waals surface area contributed by atoms with Gasteiger partial charge in [0, 0.05) is 31.7 Å². The van der Waals surface area contributed by atoms with Gasteiger partial charge in [0.25, 0.3) is 0 Å². The van der Waals surface area contributed by atoms with Crippen LogP contribution in [0.25, 0.3) is 0 Å². The van der Waals surface area contributed by atoms with Crippen molar-refractivity contribution in [2.24, 2.45) is 34.8 Å². The van der Waals surface area contributed by atoms with Crippen molar-refractivity contribution < 1.29 is 14.3 Å². The fourth-order valence-corrected chi connectivity index (χ4v) is 7.68. The van der Waals surface area contributed by atoms with Crippen molar-refractivity contribution in [3.63, 3.8) is 0 Å². The van der Waals surface area contributed by atoms with Gasteiger partial charge in [-0.3, -0.25) is 4.79 Å². The molecular weight excluding hydrogens is 406 g/mol. The molecule has 32 heavy (non-hydrogen) atoms. The summed E-state index contributed by atoms with van der Waals surface area (Å²) in [5, 5.41) is 9.01. The Balaban J connectivity index is 1.12. The first-order valence-electron chi connectivity index (χ1n) is 11.8. The van der Waals surface area contributed by atoms with Crippen molar-refractivity contribution in [2.45, 2.75) is 50.7 Å². The molecule has 2 amide bonds. The summed E-state index contributed by atoms with van der Waals surface area (Å²) in [7, 11) is 0. The minimum atomic E-state index is -0.362. The molecule has 4 bridgehead atoms. The lowest BCUT2D eigenvalue weighted by molar-refractivity contribution is -0.161. The van der Waals surface area contributed by atoms with Crippen molar-refractivity contribution in [1.29, 1.82) is 5.26 Å². The van der Waals surface area contributed by atoms with E-state index in [0.717, 1.165) is 50.9 Å². The maximum atomic E-state index is 13.2. The predicted octanol–water partition coefficient (Wildman–Crippen LogP) is 2.28. The summed E-state index contributed by atoms with van der Waals surface area (Å²) in [6.07, 6.45) is 6.90. The van der Waals surface area contributed by atoms with Gasteiger partial charge in [0.2, 0.25) is 5.91 Å². The predicted molar refractivity (Wildman–Crippen MR) is 115 cm³/mol. The van der Waals surface area contributed by atoms with Crippen molar-refractivity contribution in [3.05, 3.63) is 23.9 Å². The number of hydrogen-bond acceptors (Lipinski definition) is 6. The second-order valence-electron chi connectivity index (χ2n) is 10.7. The highest BCUT2D eigenvalue weighted by Gasteiger charge is 2.59. The number of likely N-dealkylation sites (tertiary alicyclic amines) is 1. The summed E-state index contributed by atoms with van der Waals surface area (Å²) in [6.45, 7) is 2.27. The summed E-state index contributed by atoms with van der Waals surface area (Å²) in [5.74, 6) is 2.19. The van der Waals surface area contributed by atoms with E-state index in [-0.39, 0.29) is 41.4 Å². The topological polar surface area (TPSA) is 113 Å². The fraction of sp³-hybridized carbons (Fsp3) is 0.667. The zero-order valence-corrected chi connectivity index (χ0v) is 18.2. The molecule has 6 aliphatic rings. The number of anilines is 1. The van der Waals surface area contributed by atoms with Gasteiger partial charge >= 0.3 is 6.09 Å². The van der Waals surface area contributed by atoms with Crippen molar-refractivity contribution >= 4 is 17.8 Å². The number of fused-ring (bicyclic) bond motifs is 1. The number of hydrogen-bond donors (Lipinski definition) is 1. The molecule has 2 aliphatic heterocycles. The number of aromatic nitrogens is 1. The molecule has 6 fully saturated rings. The number of nitrogens with two attached hydrogens (primary N) is 1. The Hall–Kier alpha value is -2.82. The summed E-state index contributed by atoms with van der Waals surface area (Å²) in [5.41, 5.74) is 5.98. The van der Waals surface area contributed by atoms with Crippen LogP contribution >= 0.6 is 0 Å². The minimum Gasteiger partial charge on any atom is -0.446 e. The number of nitriles is 1. The molecule has 1 aromatic heterocycles. The van der Waals surface area contributed by atoms with Gasteiger partial charge in [-0.15, -0.1) is 0 Å². The lowest BCUT2D eigenvalue weighted by Gasteiger charge is -2.58. The molecule has 0 radical (unpaired) electrons. The smallest absolute Gasteiger partial charge is 0.410 e. The van der Waals surface area contributed by atoms with Crippen molar-refractivity contribution in [1.82, 2.24) is 9.88 Å². The second kappa shape index (κ2) is 7.09. The average Bonchev–Trinajstić information content (AvgIpc) is 3.37. The lowest BCUT2D eigenvalue weighted by Crippen LogP contribution is -2.59. The van der Waals surface area contributed by atoms with Crippen molar-refractivity contribution in [3.8, 4) is 6.07 Å². The molecule has 8 heteroatoms. The summed E-state index contributed by atoms with van der Waals surface area (Å²) in [6, 6.07) is 6.03. The maximum absolute atomic E-state index is 13.2. The SMILES string of the molecule is N#Cc1ccc(N2CCC3CN(C(=O)O[C@H]4C5CC6CC4C[C@](C(N)=O)(C6)C5)CC32)nc1. The molecule has 4 unspecified atom stereocenters. The van der Waals surface area contributed by atoms with Crippen LogP contribution in [-0.4, -0.2) is 53.7 Å². The van der Waals surface area contributed by atoms with Crippen LogP contribution in [-0.2, 0) is 9.53 Å². The average molecular weight is 436 g/mol. The van der Waals surface area contributed by atoms with Crippen molar-refractivity contribution in [2.75, 3.05) is 24.5 Å². The van der Waals surface area contributed by atoms with E-state index in [9.17, 15) is 9.59 Å². The Morgan fingerprint density at radius 2 is 1.94 bits per heavy atom. The van der Waals surface area contributed by atoms with Crippen LogP contribution in [0.15, 0.2) is 18.3 Å². The Kier molecular flexibility index (Phi) is 4.40. The normalized spacial score (nSPS) is 39.1. The van der Waals surface area contributed by atoms with Crippen LogP contribution in [0.4, 0.5) is 10.6 Å². The maximum Gasteiger partial charge on any atom is 0.410 e. The first-order chi connectivity index (χ1) is 15.5. The first-order valence-corrected chi connectivity index (χ1v) is 11.8. The van der Waals surface area contributed by atoms with E-state index in [1.807, 2.05) is 11.0 Å². The fourth-order valence-electron chi connectivity index (χ4n) is 7.68. The van der Waals surface area contributed by atoms with E-state index < -0.39 is 0 Å². The number of amides is 2. The summed E-state index contributed by atoms with van der Waals surface area (Å²) in [4.78, 5) is 33.9. The summed E-state index contributed by atoms with van der Waals surface area (Å²) >= 11 is 0. The van der Waals surface area contributed by atoms with Gasteiger partial charge in [-0.25, -0.2) is 9.78 Å². The molecule has 4 atom stereocenters. The van der Waals surface area contributed by atoms with E-state index in [0.29, 0.717) is 30.5 Å². The molecule has 2 N–H and O–H groups in total. The molecule has 7 rings (SSSR count). The van der Waals surface area contributed by atoms with Crippen LogP contribution < -0.4 is 10.6 Å². The van der Waals surface area contributed by atoms with Crippen LogP contribution in [0.1, 0.15) is 44.1 Å². The zero-order chi connectivity index (χ0) is 22.0. The molecule has 0 aromatic carbocycles. The molecule has 2 saturated heterocycles. The second-order valence-corrected chi connectivity index (χ2v) is 10.7. The third-order valence-corrected chi connectivity index (χ3v) is 8.92. The number of carbonyl (C=O) groups excluding carboxylic acids is 2. The van der Waals surface area contributed by atoms with Crippen LogP contribution in [0, 0.1) is 40.4 Å². The Morgan fingerprint density at radius 1 is 1.16 bits per heavy atom. The third kappa shape index (κ3) is 2.97. The van der Waals surface area contributed by atoms with Crippen LogP contribution in [0.2, 0.25) is 0 Å². The van der Waals surface area contributed by atoms with E-state index in [4.69, 9.17) is 15.7 Å². The monoisotopic (exact) mass is 435 g/mol. The van der Waals surface area contributed by atoms with Crippen LogP contribution in [0.5, 0.6) is 0 Å². The highest BCUT2D eigenvalue weighted by atomic mass is 16.6. The summed E-state index contributed by atoms with van der Waals surface area (Å²) < 4.78 is 6.14. The number of nitrogens with zero attached hydrogens (tertiary/aromatic N) is 4. The number of carbonyl (C=O) groups is 2. The molecule has 1 aromatic rings. The molecule has 0 spiro atoms. The molecule has 168 valence electrons. The number of rotatable bonds is 3. The first kappa shape index (κ1) is 19.8. The Bertz CT molecular complexity index is 972. The van der Waals surface area contributed by atoms with Gasteiger partial charge in [0.05, 0.1) is 17.0 Å². The molecular formula is C24H29N5O3. The van der Waals surface area contributed by atoms with E-state index >= 15 is 0 Å². The Morgan fingerprint density at radius 3 is 2.59 bits per heavy atom. The highest BCUT2D eigenvalue weighted by molar-refractivity contribution is 5.81. The largest absolute Gasteiger partial charge is 0.446 e. The van der Waals surface area contributed by atoms with Gasteiger partial charge in [0.15, 0.2) is 0 Å².